The minimum atomic E-state index is 0.525. The second-order valence-electron chi connectivity index (χ2n) is 1.82. The maximum atomic E-state index is 4.85. The number of aryl methyl sites for hydroxylation is 1. The molecular formula is C6H7BrN2O. The molecule has 54 valence electrons. The van der Waals surface area contributed by atoms with Crippen LogP contribution in [0.15, 0.2) is 10.5 Å². The molecule has 0 aliphatic rings. The lowest BCUT2D eigenvalue weighted by Crippen LogP contribution is -1.92. The van der Waals surface area contributed by atoms with Gasteiger partial charge in [-0.2, -0.15) is 5.10 Å². The first kappa shape index (κ1) is 7.47. The first-order valence-electron chi connectivity index (χ1n) is 2.78. The molecular weight excluding hydrogens is 196 g/mol. The van der Waals surface area contributed by atoms with Crippen LogP contribution in [0, 0.1) is 6.92 Å². The first-order chi connectivity index (χ1) is 4.74. The van der Waals surface area contributed by atoms with Crippen molar-refractivity contribution in [1.29, 1.82) is 0 Å². The van der Waals surface area contributed by atoms with Crippen molar-refractivity contribution in [3.8, 4) is 5.88 Å². The summed E-state index contributed by atoms with van der Waals surface area (Å²) in [7, 11) is 1.56. The van der Waals surface area contributed by atoms with E-state index in [4.69, 9.17) is 4.74 Å². The fraction of sp³-hybridized carbons (Fsp3) is 0.333. The van der Waals surface area contributed by atoms with Crippen LogP contribution in [0.1, 0.15) is 5.69 Å². The third-order valence-electron chi connectivity index (χ3n) is 1.10. The smallest absolute Gasteiger partial charge is 0.234 e. The van der Waals surface area contributed by atoms with Crippen molar-refractivity contribution in [2.24, 2.45) is 0 Å². The maximum absolute atomic E-state index is 4.85. The molecule has 0 atom stereocenters. The topological polar surface area (TPSA) is 35.0 Å². The van der Waals surface area contributed by atoms with E-state index < -0.39 is 0 Å². The molecule has 0 amide bonds. The summed E-state index contributed by atoms with van der Waals surface area (Å²) in [6.45, 7) is 1.87. The summed E-state index contributed by atoms with van der Waals surface area (Å²) in [5, 5.41) is 7.58. The van der Waals surface area contributed by atoms with E-state index in [0.29, 0.717) is 5.88 Å². The normalized spacial score (nSPS) is 9.50. The van der Waals surface area contributed by atoms with E-state index in [0.717, 1.165) is 10.2 Å². The Hall–Kier alpha value is -0.640. The van der Waals surface area contributed by atoms with Crippen LogP contribution in [0.3, 0.4) is 0 Å². The Balaban J connectivity index is 3.04. The Morgan fingerprint density at radius 2 is 2.20 bits per heavy atom. The highest BCUT2D eigenvalue weighted by Gasteiger charge is 1.98. The molecule has 1 rings (SSSR count). The van der Waals surface area contributed by atoms with E-state index in [1.165, 1.54) is 0 Å². The van der Waals surface area contributed by atoms with Gasteiger partial charge in [-0.15, -0.1) is 5.10 Å². The van der Waals surface area contributed by atoms with Crippen LogP contribution in [0.5, 0.6) is 5.88 Å². The van der Waals surface area contributed by atoms with Crippen molar-refractivity contribution in [3.05, 3.63) is 16.2 Å². The van der Waals surface area contributed by atoms with Crippen LogP contribution in [0.2, 0.25) is 0 Å². The molecule has 0 unspecified atom stereocenters. The number of halogens is 1. The standard InChI is InChI=1S/C6H7BrN2O/c1-4-5(7)3-6(10-2)9-8-4/h3H,1-2H3. The summed E-state index contributed by atoms with van der Waals surface area (Å²) < 4.78 is 5.76. The van der Waals surface area contributed by atoms with Gasteiger partial charge in [-0.1, -0.05) is 0 Å². The van der Waals surface area contributed by atoms with Crippen LogP contribution < -0.4 is 4.74 Å². The van der Waals surface area contributed by atoms with Crippen molar-refractivity contribution in [2.45, 2.75) is 6.92 Å². The molecule has 0 bridgehead atoms. The highest BCUT2D eigenvalue weighted by Crippen LogP contribution is 2.16. The Kier molecular flexibility index (Phi) is 2.21. The van der Waals surface area contributed by atoms with Gasteiger partial charge in [0.05, 0.1) is 12.8 Å². The fourth-order valence-corrected chi connectivity index (χ4v) is 0.789. The first-order valence-corrected chi connectivity index (χ1v) is 3.57. The largest absolute Gasteiger partial charge is 0.480 e. The van der Waals surface area contributed by atoms with Crippen LogP contribution in [0.4, 0.5) is 0 Å². The summed E-state index contributed by atoms with van der Waals surface area (Å²) in [5.41, 5.74) is 0.862. The number of aromatic nitrogens is 2. The zero-order chi connectivity index (χ0) is 7.56. The van der Waals surface area contributed by atoms with Gasteiger partial charge in [0.2, 0.25) is 5.88 Å². The van der Waals surface area contributed by atoms with Gasteiger partial charge in [0.25, 0.3) is 0 Å². The zero-order valence-corrected chi connectivity index (χ0v) is 7.34. The number of hydrogen-bond donors (Lipinski definition) is 0. The third-order valence-corrected chi connectivity index (χ3v) is 1.91. The molecule has 0 saturated heterocycles. The Bertz CT molecular complexity index is 239. The molecule has 0 spiro atoms. The van der Waals surface area contributed by atoms with Gasteiger partial charge in [0, 0.05) is 10.5 Å². The van der Waals surface area contributed by atoms with Gasteiger partial charge in [0.15, 0.2) is 0 Å². The molecule has 10 heavy (non-hydrogen) atoms. The van der Waals surface area contributed by atoms with Crippen molar-refractivity contribution in [1.82, 2.24) is 10.2 Å². The van der Waals surface area contributed by atoms with E-state index >= 15 is 0 Å². The van der Waals surface area contributed by atoms with Crippen LogP contribution in [-0.2, 0) is 0 Å². The van der Waals surface area contributed by atoms with Gasteiger partial charge in [-0.25, -0.2) is 0 Å². The van der Waals surface area contributed by atoms with Crippen molar-refractivity contribution >= 4 is 15.9 Å². The molecule has 1 heterocycles. The van der Waals surface area contributed by atoms with Crippen LogP contribution in [0.25, 0.3) is 0 Å². The molecule has 1 aromatic heterocycles. The number of nitrogens with zero attached hydrogens (tertiary/aromatic N) is 2. The number of hydrogen-bond acceptors (Lipinski definition) is 3. The van der Waals surface area contributed by atoms with Crippen molar-refractivity contribution < 1.29 is 4.74 Å². The second-order valence-corrected chi connectivity index (χ2v) is 2.67. The monoisotopic (exact) mass is 202 g/mol. The van der Waals surface area contributed by atoms with Crippen molar-refractivity contribution in [3.63, 3.8) is 0 Å². The number of rotatable bonds is 1. The number of methoxy groups -OCH3 is 1. The molecule has 1 aromatic rings. The molecule has 0 radical (unpaired) electrons. The maximum Gasteiger partial charge on any atom is 0.234 e. The number of ether oxygens (including phenoxy) is 1. The lowest BCUT2D eigenvalue weighted by Gasteiger charge is -1.98. The highest BCUT2D eigenvalue weighted by molar-refractivity contribution is 9.10. The van der Waals surface area contributed by atoms with E-state index in [1.807, 2.05) is 6.92 Å². The Morgan fingerprint density at radius 1 is 1.50 bits per heavy atom. The zero-order valence-electron chi connectivity index (χ0n) is 5.76. The molecule has 0 aromatic carbocycles. The van der Waals surface area contributed by atoms with E-state index in [1.54, 1.807) is 13.2 Å². The SMILES string of the molecule is COc1cc(Br)c(C)nn1. The van der Waals surface area contributed by atoms with E-state index in [2.05, 4.69) is 26.1 Å². The van der Waals surface area contributed by atoms with Gasteiger partial charge < -0.3 is 4.74 Å². The van der Waals surface area contributed by atoms with E-state index in [9.17, 15) is 0 Å². The minimum Gasteiger partial charge on any atom is -0.480 e. The summed E-state index contributed by atoms with van der Waals surface area (Å²) in [6, 6.07) is 1.78. The molecule has 3 nitrogen and oxygen atoms in total. The molecule has 0 aliphatic heterocycles. The van der Waals surface area contributed by atoms with Crippen LogP contribution >= 0.6 is 15.9 Å². The lowest BCUT2D eigenvalue weighted by atomic mass is 10.4. The Labute approximate surface area is 67.6 Å². The summed E-state index contributed by atoms with van der Waals surface area (Å²) >= 11 is 3.30. The van der Waals surface area contributed by atoms with Gasteiger partial charge in [0.1, 0.15) is 0 Å². The average Bonchev–Trinajstić information content (AvgIpc) is 1.95. The quantitative estimate of drug-likeness (QED) is 0.694. The van der Waals surface area contributed by atoms with Crippen molar-refractivity contribution in [2.75, 3.05) is 7.11 Å². The molecule has 0 N–H and O–H groups in total. The predicted molar refractivity (Wildman–Crippen MR) is 41.0 cm³/mol. The van der Waals surface area contributed by atoms with Gasteiger partial charge in [-0.3, -0.25) is 0 Å². The third kappa shape index (κ3) is 1.44. The average molecular weight is 203 g/mol. The second kappa shape index (κ2) is 2.96. The minimum absolute atomic E-state index is 0.525. The van der Waals surface area contributed by atoms with Gasteiger partial charge >= 0.3 is 0 Å². The molecule has 0 aliphatic carbocycles. The molecule has 0 saturated carbocycles. The Morgan fingerprint density at radius 3 is 2.70 bits per heavy atom. The van der Waals surface area contributed by atoms with Gasteiger partial charge in [-0.05, 0) is 22.9 Å². The summed E-state index contributed by atoms with van der Waals surface area (Å²) in [4.78, 5) is 0. The van der Waals surface area contributed by atoms with E-state index in [-0.39, 0.29) is 0 Å². The lowest BCUT2D eigenvalue weighted by molar-refractivity contribution is 0.391. The summed E-state index contributed by atoms with van der Waals surface area (Å²) in [5.74, 6) is 0.525. The van der Waals surface area contributed by atoms with Crippen LogP contribution in [-0.4, -0.2) is 17.3 Å². The molecule has 0 fully saturated rings. The predicted octanol–water partition coefficient (Wildman–Crippen LogP) is 1.56. The highest BCUT2D eigenvalue weighted by atomic mass is 79.9. The fourth-order valence-electron chi connectivity index (χ4n) is 0.514. The molecule has 4 heteroatoms. The summed E-state index contributed by atoms with van der Waals surface area (Å²) in [6.07, 6.45) is 0.